The Kier molecular flexibility index (Phi) is 8.52. The van der Waals surface area contributed by atoms with E-state index in [9.17, 15) is 14.4 Å². The van der Waals surface area contributed by atoms with E-state index in [0.29, 0.717) is 39.2 Å². The van der Waals surface area contributed by atoms with Crippen molar-refractivity contribution in [2.75, 3.05) is 11.1 Å². The molecule has 0 aliphatic rings. The quantitative estimate of drug-likeness (QED) is 0.266. The van der Waals surface area contributed by atoms with Gasteiger partial charge in [-0.05, 0) is 55.7 Å². The van der Waals surface area contributed by atoms with Gasteiger partial charge in [-0.2, -0.15) is 0 Å². The molecular weight excluding hydrogens is 462 g/mol. The van der Waals surface area contributed by atoms with E-state index in [4.69, 9.17) is 16.3 Å². The summed E-state index contributed by atoms with van der Waals surface area (Å²) < 4.78 is 6.88. The van der Waals surface area contributed by atoms with Crippen LogP contribution in [0.25, 0.3) is 10.9 Å². The Labute approximate surface area is 201 Å². The first-order chi connectivity index (χ1) is 15.7. The zero-order valence-electron chi connectivity index (χ0n) is 18.7. The van der Waals surface area contributed by atoms with Crippen LogP contribution in [0.15, 0.2) is 58.5 Å². The smallest absolute Gasteiger partial charge is 0.317 e. The number of aromatic nitrogens is 2. The largest absolute Gasteiger partial charge is 0.452 e. The summed E-state index contributed by atoms with van der Waals surface area (Å²) in [7, 11) is 0. The number of carbonyl (C=O) groups excluding carboxylic acids is 2. The molecule has 1 heterocycles. The van der Waals surface area contributed by atoms with Gasteiger partial charge in [0.1, 0.15) is 0 Å². The molecule has 1 amide bonds. The second-order valence-electron chi connectivity index (χ2n) is 7.97. The topological polar surface area (TPSA) is 90.3 Å². The second-order valence-corrected chi connectivity index (χ2v) is 9.35. The fraction of sp³-hybridized carbons (Fsp3) is 0.333. The predicted octanol–water partition coefficient (Wildman–Crippen LogP) is 4.76. The average Bonchev–Trinajstić information content (AvgIpc) is 2.78. The molecule has 0 saturated carbocycles. The molecule has 0 unspecified atom stereocenters. The number of nitrogens with one attached hydrogen (secondary N) is 1. The molecule has 1 N–H and O–H groups in total. The van der Waals surface area contributed by atoms with Crippen molar-refractivity contribution >= 4 is 51.8 Å². The summed E-state index contributed by atoms with van der Waals surface area (Å²) in [6, 6.07) is 13.8. The van der Waals surface area contributed by atoms with Crippen molar-refractivity contribution in [3.05, 3.63) is 63.9 Å². The fourth-order valence-electron chi connectivity index (χ4n) is 3.03. The third-order valence-electron chi connectivity index (χ3n) is 4.86. The van der Waals surface area contributed by atoms with Crippen molar-refractivity contribution < 1.29 is 14.3 Å². The Morgan fingerprint density at radius 3 is 2.52 bits per heavy atom. The first kappa shape index (κ1) is 24.8. The minimum atomic E-state index is -0.985. The van der Waals surface area contributed by atoms with Gasteiger partial charge in [-0.15, -0.1) is 0 Å². The number of hydrogen-bond donors (Lipinski definition) is 1. The molecule has 0 bridgehead atoms. The van der Waals surface area contributed by atoms with Gasteiger partial charge < -0.3 is 10.1 Å². The molecule has 174 valence electrons. The number of thioether (sulfide) groups is 1. The number of carbonyl (C=O) groups is 2. The summed E-state index contributed by atoms with van der Waals surface area (Å²) in [6.07, 6.45) is -0.179. The first-order valence-corrected chi connectivity index (χ1v) is 12.0. The van der Waals surface area contributed by atoms with E-state index in [2.05, 4.69) is 24.1 Å². The van der Waals surface area contributed by atoms with Gasteiger partial charge in [0.15, 0.2) is 11.3 Å². The van der Waals surface area contributed by atoms with Crippen LogP contribution in [0.4, 0.5) is 5.69 Å². The number of halogens is 1. The van der Waals surface area contributed by atoms with E-state index in [1.807, 2.05) is 6.07 Å². The minimum absolute atomic E-state index is 0.0783. The number of anilines is 1. The molecule has 9 heteroatoms. The zero-order valence-corrected chi connectivity index (χ0v) is 20.3. The summed E-state index contributed by atoms with van der Waals surface area (Å²) >= 11 is 6.97. The van der Waals surface area contributed by atoms with Crippen molar-refractivity contribution in [3.63, 3.8) is 0 Å². The van der Waals surface area contributed by atoms with Gasteiger partial charge in [0, 0.05) is 17.3 Å². The highest BCUT2D eigenvalue weighted by Crippen LogP contribution is 2.20. The van der Waals surface area contributed by atoms with Crippen molar-refractivity contribution in [3.8, 4) is 0 Å². The number of rotatable bonds is 9. The number of amides is 1. The highest BCUT2D eigenvalue weighted by Gasteiger charge is 2.19. The van der Waals surface area contributed by atoms with Gasteiger partial charge in [-0.1, -0.05) is 49.3 Å². The third-order valence-corrected chi connectivity index (χ3v) is 6.07. The zero-order chi connectivity index (χ0) is 24.0. The molecule has 0 aliphatic carbocycles. The third kappa shape index (κ3) is 6.82. The van der Waals surface area contributed by atoms with Gasteiger partial charge >= 0.3 is 5.97 Å². The predicted molar refractivity (Wildman–Crippen MR) is 132 cm³/mol. The lowest BCUT2D eigenvalue weighted by Crippen LogP contribution is -2.30. The number of benzene rings is 2. The molecule has 3 rings (SSSR count). The molecule has 0 fully saturated rings. The Morgan fingerprint density at radius 2 is 1.82 bits per heavy atom. The number of fused-ring (bicyclic) bond motifs is 1. The van der Waals surface area contributed by atoms with E-state index >= 15 is 0 Å². The molecule has 3 aromatic rings. The number of ether oxygens (including phenoxy) is 1. The highest BCUT2D eigenvalue weighted by atomic mass is 35.5. The molecule has 0 saturated heterocycles. The lowest BCUT2D eigenvalue weighted by atomic mass is 10.1. The van der Waals surface area contributed by atoms with Crippen LogP contribution in [0.2, 0.25) is 5.02 Å². The number of esters is 1. The lowest BCUT2D eigenvalue weighted by molar-refractivity contribution is -0.150. The van der Waals surface area contributed by atoms with Crippen LogP contribution < -0.4 is 10.9 Å². The van der Waals surface area contributed by atoms with Gasteiger partial charge in [0.25, 0.3) is 11.5 Å². The summed E-state index contributed by atoms with van der Waals surface area (Å²) in [6.45, 7) is 6.17. The first-order valence-electron chi connectivity index (χ1n) is 10.6. The van der Waals surface area contributed by atoms with E-state index in [0.717, 1.165) is 18.2 Å². The van der Waals surface area contributed by atoms with Crippen molar-refractivity contribution in [2.24, 2.45) is 5.92 Å². The summed E-state index contributed by atoms with van der Waals surface area (Å²) in [5.41, 5.74) is 0.999. The standard InChI is InChI=1S/C24H26ClN3O4S/c1-15(2)12-13-28-23(31)19-6-4-5-7-20(19)27-24(28)33-14-21(29)32-16(3)22(30)26-18-10-8-17(25)9-11-18/h4-11,15-16H,12-14H2,1-3H3,(H,26,30)/t16-/m0/s1. The Hall–Kier alpha value is -2.84. The minimum Gasteiger partial charge on any atom is -0.452 e. The number of hydrogen-bond acceptors (Lipinski definition) is 6. The van der Waals surface area contributed by atoms with Crippen LogP contribution in [-0.2, 0) is 20.9 Å². The maximum absolute atomic E-state index is 13.0. The van der Waals surface area contributed by atoms with Crippen molar-refractivity contribution in [2.45, 2.75) is 45.0 Å². The van der Waals surface area contributed by atoms with E-state index in [-0.39, 0.29) is 11.3 Å². The average molecular weight is 488 g/mol. The summed E-state index contributed by atoms with van der Waals surface area (Å²) in [4.78, 5) is 42.3. The lowest BCUT2D eigenvalue weighted by Gasteiger charge is -2.15. The van der Waals surface area contributed by atoms with Crippen molar-refractivity contribution in [1.82, 2.24) is 9.55 Å². The molecular formula is C24H26ClN3O4S. The van der Waals surface area contributed by atoms with Crippen LogP contribution in [0, 0.1) is 5.92 Å². The van der Waals surface area contributed by atoms with Gasteiger partial charge in [0.05, 0.1) is 16.7 Å². The van der Waals surface area contributed by atoms with E-state index in [1.165, 1.54) is 6.92 Å². The molecule has 0 aliphatic heterocycles. The monoisotopic (exact) mass is 487 g/mol. The van der Waals surface area contributed by atoms with Crippen LogP contribution in [0.1, 0.15) is 27.2 Å². The molecule has 0 spiro atoms. The maximum atomic E-state index is 13.0. The van der Waals surface area contributed by atoms with Crippen LogP contribution in [-0.4, -0.2) is 33.3 Å². The number of nitrogens with zero attached hydrogens (tertiary/aromatic N) is 2. The molecule has 33 heavy (non-hydrogen) atoms. The van der Waals surface area contributed by atoms with Crippen molar-refractivity contribution in [1.29, 1.82) is 0 Å². The normalized spacial score (nSPS) is 12.0. The molecule has 2 aromatic carbocycles. The van der Waals surface area contributed by atoms with E-state index < -0.39 is 18.0 Å². The Bertz CT molecular complexity index is 1190. The van der Waals surface area contributed by atoms with Crippen LogP contribution in [0.3, 0.4) is 0 Å². The number of para-hydroxylation sites is 1. The fourth-order valence-corrected chi connectivity index (χ4v) is 3.96. The highest BCUT2D eigenvalue weighted by molar-refractivity contribution is 7.99. The summed E-state index contributed by atoms with van der Waals surface area (Å²) in [5, 5.41) is 4.22. The molecule has 1 atom stereocenters. The van der Waals surface area contributed by atoms with E-state index in [1.54, 1.807) is 47.0 Å². The van der Waals surface area contributed by atoms with Gasteiger partial charge in [-0.3, -0.25) is 19.0 Å². The Morgan fingerprint density at radius 1 is 1.12 bits per heavy atom. The second kappa shape index (κ2) is 11.3. The molecule has 0 radical (unpaired) electrons. The van der Waals surface area contributed by atoms with Crippen LogP contribution >= 0.6 is 23.4 Å². The SMILES string of the molecule is CC(C)CCn1c(SCC(=O)O[C@@H](C)C(=O)Nc2ccc(Cl)cc2)nc2ccccc2c1=O. The van der Waals surface area contributed by atoms with Gasteiger partial charge in [-0.25, -0.2) is 4.98 Å². The molecule has 7 nitrogen and oxygen atoms in total. The molecule has 1 aromatic heterocycles. The maximum Gasteiger partial charge on any atom is 0.317 e. The van der Waals surface area contributed by atoms with Gasteiger partial charge in [0.2, 0.25) is 0 Å². The summed E-state index contributed by atoms with van der Waals surface area (Å²) in [5.74, 6) is -0.693. The van der Waals surface area contributed by atoms with Crippen LogP contribution in [0.5, 0.6) is 0 Å². The Balaban J connectivity index is 1.66.